The fraction of sp³-hybridized carbons (Fsp3) is 0.545. The molecule has 16 heavy (non-hydrogen) atoms. The van der Waals surface area contributed by atoms with E-state index in [2.05, 4.69) is 15.5 Å². The van der Waals surface area contributed by atoms with E-state index < -0.39 is 0 Å². The fourth-order valence-corrected chi connectivity index (χ4v) is 1.53. The number of nitrogens with one attached hydrogen (secondary N) is 1. The molecule has 1 aromatic rings. The molecule has 5 heteroatoms. The second-order valence-corrected chi connectivity index (χ2v) is 3.98. The highest BCUT2D eigenvalue weighted by Crippen LogP contribution is 2.26. The zero-order chi connectivity index (χ0) is 11.5. The van der Waals surface area contributed by atoms with Gasteiger partial charge in [-0.05, 0) is 31.9 Å². The third-order valence-corrected chi connectivity index (χ3v) is 2.66. The van der Waals surface area contributed by atoms with Crippen LogP contribution in [0.5, 0.6) is 0 Å². The number of rotatable bonds is 4. The van der Waals surface area contributed by atoms with Crippen LogP contribution in [0.4, 0.5) is 5.82 Å². The van der Waals surface area contributed by atoms with Crippen molar-refractivity contribution in [1.82, 2.24) is 15.1 Å². The quantitative estimate of drug-likeness (QED) is 0.826. The average molecular weight is 220 g/mol. The zero-order valence-electron chi connectivity index (χ0n) is 9.60. The molecule has 1 aliphatic rings. The summed E-state index contributed by atoms with van der Waals surface area (Å²) in [7, 11) is 1.82. The molecule has 0 atom stereocenters. The molecule has 2 rings (SSSR count). The van der Waals surface area contributed by atoms with Crippen molar-refractivity contribution in [1.29, 1.82) is 0 Å². The number of hydrogen-bond donors (Lipinski definition) is 1. The van der Waals surface area contributed by atoms with E-state index in [0.29, 0.717) is 17.6 Å². The highest BCUT2D eigenvalue weighted by atomic mass is 16.2. The van der Waals surface area contributed by atoms with Gasteiger partial charge in [0.05, 0.1) is 0 Å². The normalized spacial score (nSPS) is 14.6. The van der Waals surface area contributed by atoms with Gasteiger partial charge in [0, 0.05) is 19.6 Å². The Hall–Kier alpha value is -1.65. The number of carbonyl (C=O) groups excluding carboxylic acids is 1. The van der Waals surface area contributed by atoms with E-state index in [4.69, 9.17) is 0 Å². The third-order valence-electron chi connectivity index (χ3n) is 2.66. The van der Waals surface area contributed by atoms with Gasteiger partial charge in [-0.15, -0.1) is 10.2 Å². The molecule has 0 radical (unpaired) electrons. The smallest absolute Gasteiger partial charge is 0.274 e. The largest absolute Gasteiger partial charge is 0.369 e. The van der Waals surface area contributed by atoms with Gasteiger partial charge in [0.15, 0.2) is 5.69 Å². The molecule has 1 heterocycles. The minimum absolute atomic E-state index is 0.0435. The Bertz CT molecular complexity index is 372. The molecule has 1 amide bonds. The summed E-state index contributed by atoms with van der Waals surface area (Å²) in [5.74, 6) is 0.658. The Morgan fingerprint density at radius 1 is 1.50 bits per heavy atom. The number of hydrogen-bond acceptors (Lipinski definition) is 4. The van der Waals surface area contributed by atoms with Gasteiger partial charge in [0.2, 0.25) is 0 Å². The monoisotopic (exact) mass is 220 g/mol. The predicted molar refractivity (Wildman–Crippen MR) is 61.3 cm³/mol. The maximum absolute atomic E-state index is 11.9. The lowest BCUT2D eigenvalue weighted by Crippen LogP contribution is -2.29. The average Bonchev–Trinajstić information content (AvgIpc) is 3.12. The molecule has 0 aliphatic heterocycles. The highest BCUT2D eigenvalue weighted by Gasteiger charge is 2.30. The standard InChI is InChI=1S/C11H16N4O/c1-3-12-10-7-6-9(13-14-10)11(16)15(2)8-4-5-8/h6-8H,3-5H2,1-2H3,(H,12,14). The lowest BCUT2D eigenvalue weighted by atomic mass is 10.3. The summed E-state index contributed by atoms with van der Waals surface area (Å²) < 4.78 is 0. The number of nitrogens with zero attached hydrogens (tertiary/aromatic N) is 3. The van der Waals surface area contributed by atoms with Crippen LogP contribution in [0.15, 0.2) is 12.1 Å². The number of carbonyl (C=O) groups is 1. The van der Waals surface area contributed by atoms with Crippen molar-refractivity contribution >= 4 is 11.7 Å². The van der Waals surface area contributed by atoms with Crippen LogP contribution in [0.1, 0.15) is 30.3 Å². The minimum Gasteiger partial charge on any atom is -0.369 e. The minimum atomic E-state index is -0.0435. The number of anilines is 1. The van der Waals surface area contributed by atoms with Crippen molar-refractivity contribution in [3.8, 4) is 0 Å². The van der Waals surface area contributed by atoms with Crippen molar-refractivity contribution < 1.29 is 4.79 Å². The second kappa shape index (κ2) is 4.47. The third kappa shape index (κ3) is 2.29. The maximum atomic E-state index is 11.9. The van der Waals surface area contributed by atoms with Gasteiger partial charge in [-0.1, -0.05) is 0 Å². The topological polar surface area (TPSA) is 58.1 Å². The van der Waals surface area contributed by atoms with E-state index >= 15 is 0 Å². The SMILES string of the molecule is CCNc1ccc(C(=O)N(C)C2CC2)nn1. The molecule has 1 saturated carbocycles. The summed E-state index contributed by atoms with van der Waals surface area (Å²) in [5, 5.41) is 10.9. The molecular weight excluding hydrogens is 204 g/mol. The first kappa shape index (κ1) is 10.9. The van der Waals surface area contributed by atoms with E-state index in [1.807, 2.05) is 14.0 Å². The first-order valence-corrected chi connectivity index (χ1v) is 5.57. The van der Waals surface area contributed by atoms with E-state index in [1.54, 1.807) is 17.0 Å². The molecular formula is C11H16N4O. The number of aromatic nitrogens is 2. The molecule has 0 unspecified atom stereocenters. The van der Waals surface area contributed by atoms with Crippen LogP contribution < -0.4 is 5.32 Å². The van der Waals surface area contributed by atoms with E-state index in [1.165, 1.54) is 0 Å². The molecule has 0 bridgehead atoms. The Labute approximate surface area is 94.9 Å². The van der Waals surface area contributed by atoms with Crippen LogP contribution in [-0.4, -0.2) is 40.6 Å². The van der Waals surface area contributed by atoms with Gasteiger partial charge < -0.3 is 10.2 Å². The van der Waals surface area contributed by atoms with Crippen molar-refractivity contribution in [2.45, 2.75) is 25.8 Å². The van der Waals surface area contributed by atoms with Crippen molar-refractivity contribution in [3.63, 3.8) is 0 Å². The molecule has 1 aliphatic carbocycles. The van der Waals surface area contributed by atoms with Crippen molar-refractivity contribution in [2.75, 3.05) is 18.9 Å². The second-order valence-electron chi connectivity index (χ2n) is 3.98. The molecule has 0 saturated heterocycles. The van der Waals surface area contributed by atoms with Gasteiger partial charge in [-0.25, -0.2) is 0 Å². The van der Waals surface area contributed by atoms with Crippen LogP contribution in [0.2, 0.25) is 0 Å². The zero-order valence-corrected chi connectivity index (χ0v) is 9.60. The fourth-order valence-electron chi connectivity index (χ4n) is 1.53. The predicted octanol–water partition coefficient (Wildman–Crippen LogP) is 1.14. The number of amides is 1. The Balaban J connectivity index is 2.05. The Morgan fingerprint density at radius 3 is 2.75 bits per heavy atom. The molecule has 5 nitrogen and oxygen atoms in total. The summed E-state index contributed by atoms with van der Waals surface area (Å²) in [4.78, 5) is 13.6. The van der Waals surface area contributed by atoms with Crippen molar-refractivity contribution in [2.24, 2.45) is 0 Å². The first-order valence-electron chi connectivity index (χ1n) is 5.57. The summed E-state index contributed by atoms with van der Waals surface area (Å²) in [6, 6.07) is 3.90. The molecule has 1 fully saturated rings. The van der Waals surface area contributed by atoms with E-state index in [0.717, 1.165) is 19.4 Å². The summed E-state index contributed by atoms with van der Waals surface area (Å²) in [6.45, 7) is 2.78. The molecule has 86 valence electrons. The summed E-state index contributed by atoms with van der Waals surface area (Å²) in [6.07, 6.45) is 2.20. The maximum Gasteiger partial charge on any atom is 0.274 e. The lowest BCUT2D eigenvalue weighted by Gasteiger charge is -2.15. The van der Waals surface area contributed by atoms with Gasteiger partial charge in [-0.3, -0.25) is 4.79 Å². The van der Waals surface area contributed by atoms with E-state index in [9.17, 15) is 4.79 Å². The Kier molecular flexibility index (Phi) is 3.03. The highest BCUT2D eigenvalue weighted by molar-refractivity contribution is 5.92. The summed E-state index contributed by atoms with van der Waals surface area (Å²) >= 11 is 0. The van der Waals surface area contributed by atoms with Crippen LogP contribution in [0.25, 0.3) is 0 Å². The van der Waals surface area contributed by atoms with Crippen molar-refractivity contribution in [3.05, 3.63) is 17.8 Å². The summed E-state index contributed by atoms with van der Waals surface area (Å²) in [5.41, 5.74) is 0.413. The molecule has 1 N–H and O–H groups in total. The van der Waals surface area contributed by atoms with Crippen LogP contribution >= 0.6 is 0 Å². The molecule has 0 aromatic carbocycles. The van der Waals surface area contributed by atoms with Gasteiger partial charge >= 0.3 is 0 Å². The first-order chi connectivity index (χ1) is 7.72. The van der Waals surface area contributed by atoms with Crippen LogP contribution in [0.3, 0.4) is 0 Å². The molecule has 0 spiro atoms. The molecule has 1 aromatic heterocycles. The van der Waals surface area contributed by atoms with Gasteiger partial charge in [-0.2, -0.15) is 0 Å². The van der Waals surface area contributed by atoms with E-state index in [-0.39, 0.29) is 5.91 Å². The van der Waals surface area contributed by atoms with Gasteiger partial charge in [0.25, 0.3) is 5.91 Å². The lowest BCUT2D eigenvalue weighted by molar-refractivity contribution is 0.0778. The van der Waals surface area contributed by atoms with Crippen LogP contribution in [0, 0.1) is 0 Å². The Morgan fingerprint density at radius 2 is 2.25 bits per heavy atom. The van der Waals surface area contributed by atoms with Crippen LogP contribution in [-0.2, 0) is 0 Å². The van der Waals surface area contributed by atoms with Gasteiger partial charge in [0.1, 0.15) is 5.82 Å².